The van der Waals surface area contributed by atoms with Gasteiger partial charge in [0.2, 0.25) is 0 Å². The Hall–Kier alpha value is -3.84. The first kappa shape index (κ1) is 26.2. The molecule has 3 atom stereocenters. The second-order valence-electron chi connectivity index (χ2n) is 9.07. The average molecular weight is 505 g/mol. The standard InChI is InChI=1S/C30H32O7/c1-2-34-28-15-14-23(16-21-8-6-11-24(17-21)36-20-29(31)32)27(28)19-35-25-12-7-13-26(18-25)37-30(33)22-9-4-3-5-10-22/h3-13,17-18,23,27-28H,2,14-16,19-20H2,1H3,(H,31,32)/t23-,27-,28?/m1/s1. The molecule has 7 heteroatoms. The maximum Gasteiger partial charge on any atom is 0.343 e. The molecule has 0 aromatic heterocycles. The summed E-state index contributed by atoms with van der Waals surface area (Å²) < 4.78 is 23.1. The van der Waals surface area contributed by atoms with Crippen molar-refractivity contribution >= 4 is 11.9 Å². The van der Waals surface area contributed by atoms with Gasteiger partial charge in [0.1, 0.15) is 17.2 Å². The molecule has 1 aliphatic rings. The fourth-order valence-corrected chi connectivity index (χ4v) is 4.80. The highest BCUT2D eigenvalue weighted by Gasteiger charge is 2.37. The van der Waals surface area contributed by atoms with Crippen molar-refractivity contribution in [2.45, 2.75) is 32.3 Å². The van der Waals surface area contributed by atoms with Crippen LogP contribution in [0.5, 0.6) is 17.2 Å². The fraction of sp³-hybridized carbons (Fsp3) is 0.333. The van der Waals surface area contributed by atoms with Crippen molar-refractivity contribution in [1.29, 1.82) is 0 Å². The minimum absolute atomic E-state index is 0.0977. The number of hydrogen-bond donors (Lipinski definition) is 1. The van der Waals surface area contributed by atoms with Crippen LogP contribution in [0.25, 0.3) is 0 Å². The Morgan fingerprint density at radius 2 is 1.59 bits per heavy atom. The lowest BCUT2D eigenvalue weighted by atomic mass is 9.89. The van der Waals surface area contributed by atoms with Crippen molar-refractivity contribution in [3.8, 4) is 17.2 Å². The van der Waals surface area contributed by atoms with Gasteiger partial charge in [-0.05, 0) is 74.1 Å². The van der Waals surface area contributed by atoms with Gasteiger partial charge in [0.15, 0.2) is 6.61 Å². The molecule has 1 fully saturated rings. The van der Waals surface area contributed by atoms with Crippen molar-refractivity contribution in [3.05, 3.63) is 90.0 Å². The number of hydrogen-bond acceptors (Lipinski definition) is 6. The number of benzene rings is 3. The van der Waals surface area contributed by atoms with Gasteiger partial charge in [0.25, 0.3) is 0 Å². The van der Waals surface area contributed by atoms with Crippen LogP contribution in [0.3, 0.4) is 0 Å². The molecule has 0 radical (unpaired) electrons. The molecule has 0 aliphatic heterocycles. The Labute approximate surface area is 216 Å². The van der Waals surface area contributed by atoms with Gasteiger partial charge in [-0.3, -0.25) is 0 Å². The predicted octanol–water partition coefficient (Wildman–Crippen LogP) is 5.42. The summed E-state index contributed by atoms with van der Waals surface area (Å²) in [6, 6.07) is 23.6. The molecule has 4 rings (SSSR count). The van der Waals surface area contributed by atoms with Crippen LogP contribution in [0.2, 0.25) is 0 Å². The number of esters is 1. The lowest BCUT2D eigenvalue weighted by Gasteiger charge is -2.25. The Bertz CT molecular complexity index is 1180. The molecular formula is C30H32O7. The van der Waals surface area contributed by atoms with E-state index < -0.39 is 11.9 Å². The second kappa shape index (κ2) is 12.9. The lowest BCUT2D eigenvalue weighted by Crippen LogP contribution is -2.29. The maximum absolute atomic E-state index is 12.4. The number of carboxylic acids is 1. The normalized spacial score (nSPS) is 18.8. The zero-order valence-corrected chi connectivity index (χ0v) is 20.9. The molecule has 1 unspecified atom stereocenters. The molecule has 3 aromatic carbocycles. The quantitative estimate of drug-likeness (QED) is 0.260. The first-order valence-electron chi connectivity index (χ1n) is 12.6. The highest BCUT2D eigenvalue weighted by atomic mass is 16.5. The molecule has 0 spiro atoms. The van der Waals surface area contributed by atoms with E-state index in [2.05, 4.69) is 0 Å². The largest absolute Gasteiger partial charge is 0.493 e. The van der Waals surface area contributed by atoms with Crippen molar-refractivity contribution < 1.29 is 33.6 Å². The van der Waals surface area contributed by atoms with Crippen LogP contribution < -0.4 is 14.2 Å². The number of aliphatic carboxylic acids is 1. The highest BCUT2D eigenvalue weighted by Crippen LogP contribution is 2.37. The first-order valence-corrected chi connectivity index (χ1v) is 12.6. The summed E-state index contributed by atoms with van der Waals surface area (Å²) in [5.74, 6) is 0.701. The lowest BCUT2D eigenvalue weighted by molar-refractivity contribution is -0.139. The fourth-order valence-electron chi connectivity index (χ4n) is 4.80. The molecule has 0 bridgehead atoms. The minimum atomic E-state index is -1.00. The third-order valence-corrected chi connectivity index (χ3v) is 6.51. The molecule has 1 saturated carbocycles. The van der Waals surface area contributed by atoms with E-state index in [0.29, 0.717) is 41.9 Å². The molecule has 37 heavy (non-hydrogen) atoms. The van der Waals surface area contributed by atoms with Gasteiger partial charge in [-0.1, -0.05) is 36.4 Å². The molecule has 0 amide bonds. The van der Waals surface area contributed by atoms with E-state index in [1.165, 1.54) is 0 Å². The van der Waals surface area contributed by atoms with Gasteiger partial charge >= 0.3 is 11.9 Å². The van der Waals surface area contributed by atoms with E-state index in [9.17, 15) is 9.59 Å². The monoisotopic (exact) mass is 504 g/mol. The van der Waals surface area contributed by atoms with E-state index in [1.807, 2.05) is 37.3 Å². The number of carboxylic acid groups (broad SMARTS) is 1. The topological polar surface area (TPSA) is 91.3 Å². The molecular weight excluding hydrogens is 472 g/mol. The van der Waals surface area contributed by atoms with E-state index in [0.717, 1.165) is 24.8 Å². The van der Waals surface area contributed by atoms with E-state index >= 15 is 0 Å². The van der Waals surface area contributed by atoms with Crippen LogP contribution in [0.4, 0.5) is 0 Å². The van der Waals surface area contributed by atoms with Crippen molar-refractivity contribution in [2.24, 2.45) is 11.8 Å². The van der Waals surface area contributed by atoms with Crippen molar-refractivity contribution in [2.75, 3.05) is 19.8 Å². The molecule has 0 saturated heterocycles. The van der Waals surface area contributed by atoms with Gasteiger partial charge < -0.3 is 24.1 Å². The Morgan fingerprint density at radius 1 is 0.865 bits per heavy atom. The van der Waals surface area contributed by atoms with Crippen LogP contribution in [-0.2, 0) is 16.0 Å². The van der Waals surface area contributed by atoms with Crippen molar-refractivity contribution in [1.82, 2.24) is 0 Å². The SMILES string of the molecule is CCOC1CC[C@H](Cc2cccc(OCC(=O)O)c2)[C@H]1COc1cccc(OC(=O)c2ccccc2)c1. The zero-order valence-electron chi connectivity index (χ0n) is 20.9. The minimum Gasteiger partial charge on any atom is -0.493 e. The molecule has 0 heterocycles. The van der Waals surface area contributed by atoms with E-state index in [4.69, 9.17) is 24.1 Å². The van der Waals surface area contributed by atoms with Crippen molar-refractivity contribution in [3.63, 3.8) is 0 Å². The van der Waals surface area contributed by atoms with Gasteiger partial charge in [0, 0.05) is 18.6 Å². The van der Waals surface area contributed by atoms with Crippen LogP contribution in [0, 0.1) is 11.8 Å². The van der Waals surface area contributed by atoms with Gasteiger partial charge in [-0.15, -0.1) is 0 Å². The molecule has 1 N–H and O–H groups in total. The number of carbonyl (C=O) groups is 2. The number of carbonyl (C=O) groups excluding carboxylic acids is 1. The highest BCUT2D eigenvalue weighted by molar-refractivity contribution is 5.91. The summed E-state index contributed by atoms with van der Waals surface area (Å²) in [5.41, 5.74) is 1.57. The molecule has 3 aromatic rings. The molecule has 1 aliphatic carbocycles. The Morgan fingerprint density at radius 3 is 2.35 bits per heavy atom. The Kier molecular flexibility index (Phi) is 9.16. The van der Waals surface area contributed by atoms with Gasteiger partial charge in [0.05, 0.1) is 18.3 Å². The average Bonchev–Trinajstić information content (AvgIpc) is 3.28. The van der Waals surface area contributed by atoms with E-state index in [1.54, 1.807) is 48.5 Å². The number of rotatable bonds is 12. The third-order valence-electron chi connectivity index (χ3n) is 6.51. The van der Waals surface area contributed by atoms with Gasteiger partial charge in [-0.25, -0.2) is 9.59 Å². The third kappa shape index (κ3) is 7.57. The van der Waals surface area contributed by atoms with E-state index in [-0.39, 0.29) is 18.6 Å². The summed E-state index contributed by atoms with van der Waals surface area (Å²) in [5, 5.41) is 8.88. The first-order chi connectivity index (χ1) is 18.0. The van der Waals surface area contributed by atoms with Gasteiger partial charge in [-0.2, -0.15) is 0 Å². The smallest absolute Gasteiger partial charge is 0.343 e. The summed E-state index contributed by atoms with van der Waals surface area (Å²) in [7, 11) is 0. The van der Waals surface area contributed by atoms with Crippen LogP contribution in [0.1, 0.15) is 35.7 Å². The van der Waals surface area contributed by atoms with Crippen LogP contribution in [-0.4, -0.2) is 43.0 Å². The zero-order chi connectivity index (χ0) is 26.0. The summed E-state index contributed by atoms with van der Waals surface area (Å²) in [6.45, 7) is 2.74. The predicted molar refractivity (Wildman–Crippen MR) is 138 cm³/mol. The summed E-state index contributed by atoms with van der Waals surface area (Å²) in [4.78, 5) is 23.2. The summed E-state index contributed by atoms with van der Waals surface area (Å²) >= 11 is 0. The number of ether oxygens (including phenoxy) is 4. The Balaban J connectivity index is 1.40. The summed E-state index contributed by atoms with van der Waals surface area (Å²) in [6.07, 6.45) is 2.88. The molecule has 194 valence electrons. The van der Waals surface area contributed by atoms with Crippen LogP contribution >= 0.6 is 0 Å². The van der Waals surface area contributed by atoms with Crippen LogP contribution in [0.15, 0.2) is 78.9 Å². The molecule has 7 nitrogen and oxygen atoms in total. The maximum atomic E-state index is 12.4. The second-order valence-corrected chi connectivity index (χ2v) is 9.07.